The fraction of sp³-hybridized carbons (Fsp3) is 0.462. The van der Waals surface area contributed by atoms with Crippen molar-refractivity contribution in [2.75, 3.05) is 13.2 Å². The normalized spacial score (nSPS) is 18.8. The van der Waals surface area contributed by atoms with E-state index in [4.69, 9.17) is 20.6 Å². The molecule has 1 aromatic rings. The molecule has 0 radical (unpaired) electrons. The fourth-order valence-corrected chi connectivity index (χ4v) is 1.96. The van der Waals surface area contributed by atoms with Crippen molar-refractivity contribution in [3.8, 4) is 5.75 Å². The van der Waals surface area contributed by atoms with Gasteiger partial charge in [0.2, 0.25) is 0 Å². The van der Waals surface area contributed by atoms with E-state index in [1.165, 1.54) is 12.1 Å². The molecule has 0 amide bonds. The number of nitrogen functional groups attached to an aromatic ring is 1. The Labute approximate surface area is 105 Å². The van der Waals surface area contributed by atoms with Gasteiger partial charge in [-0.3, -0.25) is 5.41 Å². The molecule has 1 fully saturated rings. The number of hydrogen-bond donors (Lipinski definition) is 2. The van der Waals surface area contributed by atoms with Gasteiger partial charge >= 0.3 is 0 Å². The number of hydrogen-bond acceptors (Lipinski definition) is 3. The first kappa shape index (κ1) is 12.8. The number of rotatable bonds is 5. The summed E-state index contributed by atoms with van der Waals surface area (Å²) in [6.45, 7) is 1.24. The lowest BCUT2D eigenvalue weighted by atomic mass is 10.2. The van der Waals surface area contributed by atoms with Gasteiger partial charge in [-0.1, -0.05) is 0 Å². The molecule has 18 heavy (non-hydrogen) atoms. The van der Waals surface area contributed by atoms with Gasteiger partial charge in [-0.2, -0.15) is 0 Å². The van der Waals surface area contributed by atoms with Crippen molar-refractivity contribution in [3.05, 3.63) is 29.6 Å². The minimum Gasteiger partial charge on any atom is -0.490 e. The highest BCUT2D eigenvalue weighted by atomic mass is 19.1. The second-order valence-electron chi connectivity index (χ2n) is 4.33. The summed E-state index contributed by atoms with van der Waals surface area (Å²) in [6, 6.07) is 4.29. The molecule has 1 aromatic carbocycles. The molecule has 0 aliphatic carbocycles. The van der Waals surface area contributed by atoms with Gasteiger partial charge < -0.3 is 15.2 Å². The average molecular weight is 252 g/mol. The Morgan fingerprint density at radius 2 is 2.39 bits per heavy atom. The molecule has 98 valence electrons. The molecule has 1 aliphatic rings. The van der Waals surface area contributed by atoms with Gasteiger partial charge in [0.1, 0.15) is 5.84 Å². The molecule has 0 saturated carbocycles. The summed E-state index contributed by atoms with van der Waals surface area (Å²) in [4.78, 5) is 0. The molecule has 1 aliphatic heterocycles. The smallest absolute Gasteiger partial charge is 0.165 e. The maximum absolute atomic E-state index is 13.6. The monoisotopic (exact) mass is 252 g/mol. The van der Waals surface area contributed by atoms with Gasteiger partial charge in [-0.15, -0.1) is 0 Å². The van der Waals surface area contributed by atoms with Crippen LogP contribution in [0.4, 0.5) is 4.39 Å². The minimum atomic E-state index is -0.491. The lowest BCUT2D eigenvalue weighted by Crippen LogP contribution is -2.13. The predicted octanol–water partition coefficient (Wildman–Crippen LogP) is 2.06. The van der Waals surface area contributed by atoms with Crippen LogP contribution in [0.2, 0.25) is 0 Å². The Hall–Kier alpha value is -1.62. The zero-order valence-electron chi connectivity index (χ0n) is 10.1. The number of nitrogens with two attached hydrogens (primary N) is 1. The van der Waals surface area contributed by atoms with Crippen molar-refractivity contribution in [2.24, 2.45) is 5.73 Å². The van der Waals surface area contributed by atoms with Gasteiger partial charge in [-0.05, 0) is 31.0 Å². The molecule has 0 aromatic heterocycles. The molecule has 1 atom stereocenters. The second-order valence-corrected chi connectivity index (χ2v) is 4.33. The van der Waals surface area contributed by atoms with Crippen LogP contribution in [0.5, 0.6) is 5.75 Å². The predicted molar refractivity (Wildman–Crippen MR) is 66.5 cm³/mol. The summed E-state index contributed by atoms with van der Waals surface area (Å²) >= 11 is 0. The Kier molecular flexibility index (Phi) is 4.15. The van der Waals surface area contributed by atoms with Crippen molar-refractivity contribution in [1.82, 2.24) is 0 Å². The molecular weight excluding hydrogens is 235 g/mol. The van der Waals surface area contributed by atoms with Crippen molar-refractivity contribution in [2.45, 2.75) is 25.4 Å². The summed E-state index contributed by atoms with van der Waals surface area (Å²) in [7, 11) is 0. The lowest BCUT2D eigenvalue weighted by molar-refractivity contribution is 0.0897. The molecule has 4 nitrogen and oxygen atoms in total. The van der Waals surface area contributed by atoms with Crippen LogP contribution < -0.4 is 10.5 Å². The summed E-state index contributed by atoms with van der Waals surface area (Å²) in [5, 5.41) is 7.21. The molecule has 1 heterocycles. The van der Waals surface area contributed by atoms with Crippen molar-refractivity contribution in [3.63, 3.8) is 0 Å². The van der Waals surface area contributed by atoms with E-state index < -0.39 is 5.82 Å². The van der Waals surface area contributed by atoms with Crippen LogP contribution in [0, 0.1) is 11.2 Å². The van der Waals surface area contributed by atoms with Crippen LogP contribution in [-0.4, -0.2) is 25.2 Å². The highest BCUT2D eigenvalue weighted by Gasteiger charge is 2.15. The molecule has 2 rings (SSSR count). The number of halogens is 1. The first-order chi connectivity index (χ1) is 8.66. The maximum atomic E-state index is 13.6. The van der Waals surface area contributed by atoms with Crippen molar-refractivity contribution in [1.29, 1.82) is 5.41 Å². The first-order valence-electron chi connectivity index (χ1n) is 6.05. The Bertz CT molecular complexity index is 431. The summed E-state index contributed by atoms with van der Waals surface area (Å²) < 4.78 is 24.4. The van der Waals surface area contributed by atoms with Gasteiger partial charge in [0.05, 0.1) is 12.7 Å². The van der Waals surface area contributed by atoms with E-state index in [1.807, 2.05) is 0 Å². The van der Waals surface area contributed by atoms with Crippen LogP contribution >= 0.6 is 0 Å². The zero-order chi connectivity index (χ0) is 13.0. The molecule has 0 bridgehead atoms. The van der Waals surface area contributed by atoms with Crippen LogP contribution in [-0.2, 0) is 4.74 Å². The van der Waals surface area contributed by atoms with E-state index in [0.717, 1.165) is 25.9 Å². The Morgan fingerprint density at radius 3 is 3.00 bits per heavy atom. The number of nitrogens with one attached hydrogen (secondary N) is 1. The van der Waals surface area contributed by atoms with E-state index in [-0.39, 0.29) is 17.7 Å². The summed E-state index contributed by atoms with van der Waals surface area (Å²) in [6.07, 6.45) is 3.15. The van der Waals surface area contributed by atoms with Crippen molar-refractivity contribution < 1.29 is 13.9 Å². The Morgan fingerprint density at radius 1 is 1.56 bits per heavy atom. The largest absolute Gasteiger partial charge is 0.490 e. The second kappa shape index (κ2) is 5.82. The number of amidine groups is 1. The summed E-state index contributed by atoms with van der Waals surface area (Å²) in [5.74, 6) is -0.451. The van der Waals surface area contributed by atoms with E-state index in [1.54, 1.807) is 6.07 Å². The maximum Gasteiger partial charge on any atom is 0.165 e. The van der Waals surface area contributed by atoms with E-state index >= 15 is 0 Å². The SMILES string of the molecule is N=C(N)c1ccc(OCCC2CCCO2)c(F)c1. The molecule has 1 unspecified atom stereocenters. The third kappa shape index (κ3) is 3.20. The quantitative estimate of drug-likeness (QED) is 0.622. The topological polar surface area (TPSA) is 68.3 Å². The Balaban J connectivity index is 1.87. The molecular formula is C13H17FN2O2. The molecule has 1 saturated heterocycles. The van der Waals surface area contributed by atoms with Crippen LogP contribution in [0.1, 0.15) is 24.8 Å². The van der Waals surface area contributed by atoms with Gasteiger partial charge in [0, 0.05) is 18.6 Å². The third-order valence-electron chi connectivity index (χ3n) is 2.96. The molecule has 0 spiro atoms. The highest BCUT2D eigenvalue weighted by Crippen LogP contribution is 2.20. The van der Waals surface area contributed by atoms with Crippen molar-refractivity contribution >= 4 is 5.84 Å². The fourth-order valence-electron chi connectivity index (χ4n) is 1.96. The van der Waals surface area contributed by atoms with E-state index in [9.17, 15) is 4.39 Å². The molecule has 3 N–H and O–H groups in total. The lowest BCUT2D eigenvalue weighted by Gasteiger charge is -2.11. The van der Waals surface area contributed by atoms with Crippen LogP contribution in [0.25, 0.3) is 0 Å². The zero-order valence-corrected chi connectivity index (χ0v) is 10.1. The van der Waals surface area contributed by atoms with Gasteiger partial charge in [-0.25, -0.2) is 4.39 Å². The van der Waals surface area contributed by atoms with Crippen LogP contribution in [0.3, 0.4) is 0 Å². The van der Waals surface area contributed by atoms with E-state index in [0.29, 0.717) is 12.2 Å². The van der Waals surface area contributed by atoms with Gasteiger partial charge in [0.25, 0.3) is 0 Å². The summed E-state index contributed by atoms with van der Waals surface area (Å²) in [5.41, 5.74) is 5.63. The standard InChI is InChI=1S/C13H17FN2O2/c14-11-8-9(13(15)16)3-4-12(11)18-7-5-10-2-1-6-17-10/h3-4,8,10H,1-2,5-7H2,(H3,15,16). The van der Waals surface area contributed by atoms with Gasteiger partial charge in [0.15, 0.2) is 11.6 Å². The number of benzene rings is 1. The number of ether oxygens (including phenoxy) is 2. The highest BCUT2D eigenvalue weighted by molar-refractivity contribution is 5.95. The molecule has 5 heteroatoms. The van der Waals surface area contributed by atoms with E-state index in [2.05, 4.69) is 0 Å². The minimum absolute atomic E-state index is 0.153. The van der Waals surface area contributed by atoms with Crippen LogP contribution in [0.15, 0.2) is 18.2 Å². The first-order valence-corrected chi connectivity index (χ1v) is 6.05. The average Bonchev–Trinajstić information content (AvgIpc) is 2.84. The third-order valence-corrected chi connectivity index (χ3v) is 2.96.